The topological polar surface area (TPSA) is 78.9 Å². The molecule has 0 radical (unpaired) electrons. The molecule has 26 heavy (non-hydrogen) atoms. The molecule has 3 rings (SSSR count). The number of nitrogens with one attached hydrogen (secondary N) is 1. The zero-order chi connectivity index (χ0) is 18.4. The molecule has 1 fully saturated rings. The van der Waals surface area contributed by atoms with E-state index in [0.29, 0.717) is 24.4 Å². The summed E-state index contributed by atoms with van der Waals surface area (Å²) in [5, 5.41) is 12.0. The molecule has 1 saturated heterocycles. The first-order valence-corrected chi connectivity index (χ1v) is 8.68. The Bertz CT molecular complexity index is 763. The van der Waals surface area contributed by atoms with E-state index in [0.717, 1.165) is 18.7 Å². The molecule has 2 aromatic rings. The quantitative estimate of drug-likeness (QED) is 0.833. The molecule has 136 valence electrons. The fraction of sp³-hybridized carbons (Fsp3) is 0.300. The third-order valence-corrected chi connectivity index (χ3v) is 4.32. The lowest BCUT2D eigenvalue weighted by Gasteiger charge is -2.29. The molecule has 0 spiro atoms. The van der Waals surface area contributed by atoms with Crippen molar-refractivity contribution in [2.45, 2.75) is 12.8 Å². The summed E-state index contributed by atoms with van der Waals surface area (Å²) in [4.78, 5) is 25.3. The van der Waals surface area contributed by atoms with Crippen LogP contribution in [0.1, 0.15) is 12.8 Å². The molecular formula is C20H22N2O4. The fourth-order valence-corrected chi connectivity index (χ4v) is 3.07. The molecule has 1 aliphatic rings. The van der Waals surface area contributed by atoms with Gasteiger partial charge in [-0.3, -0.25) is 14.5 Å². The van der Waals surface area contributed by atoms with Gasteiger partial charge in [0.1, 0.15) is 11.5 Å². The Morgan fingerprint density at radius 2 is 1.88 bits per heavy atom. The third kappa shape index (κ3) is 5.07. The van der Waals surface area contributed by atoms with Crippen molar-refractivity contribution < 1.29 is 19.4 Å². The summed E-state index contributed by atoms with van der Waals surface area (Å²) < 4.78 is 5.76. The van der Waals surface area contributed by atoms with Gasteiger partial charge < -0.3 is 15.2 Å². The van der Waals surface area contributed by atoms with E-state index in [4.69, 9.17) is 9.84 Å². The van der Waals surface area contributed by atoms with Gasteiger partial charge in [-0.15, -0.1) is 0 Å². The van der Waals surface area contributed by atoms with Crippen LogP contribution < -0.4 is 10.1 Å². The number of rotatable bonds is 6. The highest BCUT2D eigenvalue weighted by atomic mass is 16.5. The Morgan fingerprint density at radius 3 is 2.65 bits per heavy atom. The average Bonchev–Trinajstić information content (AvgIpc) is 2.63. The van der Waals surface area contributed by atoms with Crippen LogP contribution in [0.3, 0.4) is 0 Å². The van der Waals surface area contributed by atoms with E-state index >= 15 is 0 Å². The summed E-state index contributed by atoms with van der Waals surface area (Å²) in [6.07, 6.45) is 1.47. The van der Waals surface area contributed by atoms with E-state index < -0.39 is 5.97 Å². The van der Waals surface area contributed by atoms with Gasteiger partial charge in [-0.05, 0) is 43.7 Å². The lowest BCUT2D eigenvalue weighted by atomic mass is 9.98. The number of hydrogen-bond donors (Lipinski definition) is 2. The molecule has 6 heteroatoms. The van der Waals surface area contributed by atoms with Gasteiger partial charge in [-0.1, -0.05) is 24.3 Å². The van der Waals surface area contributed by atoms with Crippen molar-refractivity contribution in [3.63, 3.8) is 0 Å². The van der Waals surface area contributed by atoms with E-state index in [2.05, 4.69) is 5.32 Å². The Hall–Kier alpha value is -2.86. The molecule has 1 aliphatic heterocycles. The molecule has 1 heterocycles. The molecule has 6 nitrogen and oxygen atoms in total. The minimum Gasteiger partial charge on any atom is -0.481 e. The van der Waals surface area contributed by atoms with Crippen LogP contribution in [-0.2, 0) is 9.59 Å². The van der Waals surface area contributed by atoms with Gasteiger partial charge >= 0.3 is 5.97 Å². The van der Waals surface area contributed by atoms with E-state index in [-0.39, 0.29) is 18.4 Å². The number of para-hydroxylation sites is 1. The maximum absolute atomic E-state index is 12.3. The van der Waals surface area contributed by atoms with Crippen molar-refractivity contribution in [1.29, 1.82) is 0 Å². The van der Waals surface area contributed by atoms with Crippen LogP contribution in [-0.4, -0.2) is 41.5 Å². The first-order valence-electron chi connectivity index (χ1n) is 8.68. The Labute approximate surface area is 152 Å². The van der Waals surface area contributed by atoms with Crippen molar-refractivity contribution in [2.75, 3.05) is 25.0 Å². The second-order valence-corrected chi connectivity index (χ2v) is 6.40. The second kappa shape index (κ2) is 8.49. The van der Waals surface area contributed by atoms with Gasteiger partial charge in [0.2, 0.25) is 5.91 Å². The molecule has 2 aromatic carbocycles. The summed E-state index contributed by atoms with van der Waals surface area (Å²) in [5.74, 6) is 0.0230. The van der Waals surface area contributed by atoms with Gasteiger partial charge in [0.15, 0.2) is 0 Å². The predicted octanol–water partition coefficient (Wildman–Crippen LogP) is 3.21. The predicted molar refractivity (Wildman–Crippen MR) is 98.4 cm³/mol. The van der Waals surface area contributed by atoms with E-state index in [1.807, 2.05) is 47.4 Å². The smallest absolute Gasteiger partial charge is 0.307 e. The van der Waals surface area contributed by atoms with Crippen LogP contribution >= 0.6 is 0 Å². The molecule has 0 aromatic heterocycles. The van der Waals surface area contributed by atoms with Gasteiger partial charge in [0.25, 0.3) is 0 Å². The highest BCUT2D eigenvalue weighted by Gasteiger charge is 2.26. The molecular weight excluding hydrogens is 332 g/mol. The monoisotopic (exact) mass is 354 g/mol. The fourth-order valence-electron chi connectivity index (χ4n) is 3.07. The van der Waals surface area contributed by atoms with Crippen molar-refractivity contribution >= 4 is 17.6 Å². The van der Waals surface area contributed by atoms with Crippen molar-refractivity contribution in [3.8, 4) is 11.5 Å². The average molecular weight is 354 g/mol. The van der Waals surface area contributed by atoms with Gasteiger partial charge in [0.05, 0.1) is 12.5 Å². The normalized spacial score (nSPS) is 17.5. The van der Waals surface area contributed by atoms with Crippen LogP contribution in [0.2, 0.25) is 0 Å². The largest absolute Gasteiger partial charge is 0.481 e. The SMILES string of the molecule is O=C(CN1CCCC(C(=O)O)C1)Nc1cccc(Oc2ccccc2)c1. The highest BCUT2D eigenvalue weighted by molar-refractivity contribution is 5.92. The van der Waals surface area contributed by atoms with E-state index in [1.165, 1.54) is 0 Å². The molecule has 0 aliphatic carbocycles. The first kappa shape index (κ1) is 17.9. The Balaban J connectivity index is 1.56. The van der Waals surface area contributed by atoms with Crippen LogP contribution in [0.25, 0.3) is 0 Å². The van der Waals surface area contributed by atoms with Crippen molar-refractivity contribution in [1.82, 2.24) is 4.90 Å². The van der Waals surface area contributed by atoms with Gasteiger partial charge in [-0.25, -0.2) is 0 Å². The number of nitrogens with zero attached hydrogens (tertiary/aromatic N) is 1. The van der Waals surface area contributed by atoms with Gasteiger partial charge in [-0.2, -0.15) is 0 Å². The number of carboxylic acids is 1. The number of piperidine rings is 1. The highest BCUT2D eigenvalue weighted by Crippen LogP contribution is 2.24. The number of carbonyl (C=O) groups is 2. The summed E-state index contributed by atoms with van der Waals surface area (Å²) in [7, 11) is 0. The number of benzene rings is 2. The van der Waals surface area contributed by atoms with Crippen molar-refractivity contribution in [2.24, 2.45) is 5.92 Å². The van der Waals surface area contributed by atoms with Crippen LogP contribution in [0.4, 0.5) is 5.69 Å². The number of anilines is 1. The molecule has 1 unspecified atom stereocenters. The zero-order valence-corrected chi connectivity index (χ0v) is 14.4. The summed E-state index contributed by atoms with van der Waals surface area (Å²) >= 11 is 0. The lowest BCUT2D eigenvalue weighted by molar-refractivity contribution is -0.144. The molecule has 2 N–H and O–H groups in total. The minimum absolute atomic E-state index is 0.159. The summed E-state index contributed by atoms with van der Waals surface area (Å²) in [5.41, 5.74) is 0.648. The van der Waals surface area contributed by atoms with Crippen LogP contribution in [0.15, 0.2) is 54.6 Å². The number of ether oxygens (including phenoxy) is 1. The molecule has 1 atom stereocenters. The Kier molecular flexibility index (Phi) is 5.86. The Morgan fingerprint density at radius 1 is 1.12 bits per heavy atom. The summed E-state index contributed by atoms with van der Waals surface area (Å²) in [6.45, 7) is 1.35. The van der Waals surface area contributed by atoms with E-state index in [9.17, 15) is 9.59 Å². The molecule has 0 saturated carbocycles. The number of hydrogen-bond acceptors (Lipinski definition) is 4. The van der Waals surface area contributed by atoms with Crippen molar-refractivity contribution in [3.05, 3.63) is 54.6 Å². The maximum atomic E-state index is 12.3. The van der Waals surface area contributed by atoms with Gasteiger partial charge in [0, 0.05) is 18.3 Å². The summed E-state index contributed by atoms with van der Waals surface area (Å²) in [6, 6.07) is 16.6. The van der Waals surface area contributed by atoms with E-state index in [1.54, 1.807) is 12.1 Å². The minimum atomic E-state index is -0.791. The lowest BCUT2D eigenvalue weighted by Crippen LogP contribution is -2.42. The number of carboxylic acid groups (broad SMARTS) is 1. The standard InChI is InChI=1S/C20H22N2O4/c23-19(14-22-11-5-6-15(13-22)20(24)25)21-16-7-4-10-18(12-16)26-17-8-2-1-3-9-17/h1-4,7-10,12,15H,5-6,11,13-14H2,(H,21,23)(H,24,25). The number of aliphatic carboxylic acids is 1. The molecule has 0 bridgehead atoms. The number of amides is 1. The first-order chi connectivity index (χ1) is 12.6. The van der Waals surface area contributed by atoms with Crippen LogP contribution in [0, 0.1) is 5.92 Å². The second-order valence-electron chi connectivity index (χ2n) is 6.40. The molecule has 1 amide bonds. The third-order valence-electron chi connectivity index (χ3n) is 4.32. The number of likely N-dealkylation sites (tertiary alicyclic amines) is 1. The van der Waals surface area contributed by atoms with Crippen LogP contribution in [0.5, 0.6) is 11.5 Å². The maximum Gasteiger partial charge on any atom is 0.307 e. The number of carbonyl (C=O) groups excluding carboxylic acids is 1. The zero-order valence-electron chi connectivity index (χ0n) is 14.4.